The number of aromatic nitrogens is 2. The highest BCUT2D eigenvalue weighted by molar-refractivity contribution is 6.31. The van der Waals surface area contributed by atoms with Crippen LogP contribution in [0.3, 0.4) is 0 Å². The predicted molar refractivity (Wildman–Crippen MR) is 73.2 cm³/mol. The van der Waals surface area contributed by atoms with Gasteiger partial charge in [-0.05, 0) is 30.4 Å². The number of rotatable bonds is 5. The first-order valence-electron chi connectivity index (χ1n) is 6.56. The van der Waals surface area contributed by atoms with Gasteiger partial charge in [0.2, 0.25) is 5.89 Å². The van der Waals surface area contributed by atoms with E-state index in [1.165, 1.54) is 11.9 Å². The van der Waals surface area contributed by atoms with Crippen LogP contribution in [0.25, 0.3) is 0 Å². The smallest absolute Gasteiger partial charge is 0.227 e. The highest BCUT2D eigenvalue weighted by Gasteiger charge is 2.30. The normalized spacial score (nSPS) is 22.2. The van der Waals surface area contributed by atoms with Gasteiger partial charge in [-0.25, -0.2) is 0 Å². The number of benzene rings is 1. The summed E-state index contributed by atoms with van der Waals surface area (Å²) in [4.78, 5) is 4.00. The van der Waals surface area contributed by atoms with E-state index in [1.54, 1.807) is 0 Å². The lowest BCUT2D eigenvalue weighted by molar-refractivity contribution is 0.287. The Morgan fingerprint density at radius 3 is 2.89 bits per heavy atom. The largest absolute Gasteiger partial charge is 0.340 e. The van der Waals surface area contributed by atoms with E-state index in [1.807, 2.05) is 12.1 Å². The molecule has 2 aromatic rings. The van der Waals surface area contributed by atoms with Crippen LogP contribution in [-0.4, -0.2) is 22.7 Å². The Labute approximate surface area is 117 Å². The molecule has 0 bridgehead atoms. The van der Waals surface area contributed by atoms with Gasteiger partial charge in [-0.15, -0.1) is 0 Å². The van der Waals surface area contributed by atoms with Crippen LogP contribution in [0.15, 0.2) is 35.1 Å². The number of halogens is 1. The van der Waals surface area contributed by atoms with Gasteiger partial charge in [0.05, 0.1) is 0 Å². The SMILES string of the molecule is Clc1ccccc1C1CC(NCCc2ncno2)C1. The highest BCUT2D eigenvalue weighted by atomic mass is 35.5. The molecule has 0 saturated heterocycles. The summed E-state index contributed by atoms with van der Waals surface area (Å²) < 4.78 is 4.95. The molecule has 1 heterocycles. The summed E-state index contributed by atoms with van der Waals surface area (Å²) in [5, 5.41) is 7.98. The molecule has 1 fully saturated rings. The predicted octanol–water partition coefficient (Wildman–Crippen LogP) is 2.80. The van der Waals surface area contributed by atoms with Crippen LogP contribution in [0.5, 0.6) is 0 Å². The van der Waals surface area contributed by atoms with E-state index in [0.717, 1.165) is 30.8 Å². The summed E-state index contributed by atoms with van der Waals surface area (Å²) in [7, 11) is 0. The van der Waals surface area contributed by atoms with Crippen LogP contribution in [0.4, 0.5) is 0 Å². The lowest BCUT2D eigenvalue weighted by Crippen LogP contribution is -2.41. The zero-order valence-corrected chi connectivity index (χ0v) is 11.3. The van der Waals surface area contributed by atoms with Crippen molar-refractivity contribution in [3.63, 3.8) is 0 Å². The number of hydrogen-bond acceptors (Lipinski definition) is 4. The third-order valence-corrected chi connectivity index (χ3v) is 4.01. The van der Waals surface area contributed by atoms with Crippen LogP contribution in [0, 0.1) is 0 Å². The van der Waals surface area contributed by atoms with Crippen molar-refractivity contribution < 1.29 is 4.52 Å². The fraction of sp³-hybridized carbons (Fsp3) is 0.429. The summed E-state index contributed by atoms with van der Waals surface area (Å²) in [5.74, 6) is 1.28. The Kier molecular flexibility index (Phi) is 3.80. The highest BCUT2D eigenvalue weighted by Crippen LogP contribution is 2.39. The Hall–Kier alpha value is -1.39. The van der Waals surface area contributed by atoms with Crippen LogP contribution in [-0.2, 0) is 6.42 Å². The van der Waals surface area contributed by atoms with E-state index in [2.05, 4.69) is 27.6 Å². The monoisotopic (exact) mass is 277 g/mol. The maximum Gasteiger partial charge on any atom is 0.227 e. The molecule has 3 rings (SSSR count). The minimum atomic E-state index is 0.573. The number of hydrogen-bond donors (Lipinski definition) is 1. The van der Waals surface area contributed by atoms with Gasteiger partial charge in [0.15, 0.2) is 6.33 Å². The van der Waals surface area contributed by atoms with Crippen molar-refractivity contribution in [3.05, 3.63) is 47.1 Å². The maximum atomic E-state index is 6.20. The van der Waals surface area contributed by atoms with Crippen molar-refractivity contribution in [1.29, 1.82) is 0 Å². The van der Waals surface area contributed by atoms with Gasteiger partial charge < -0.3 is 9.84 Å². The molecule has 1 aromatic heterocycles. The average Bonchev–Trinajstić information content (AvgIpc) is 2.87. The minimum absolute atomic E-state index is 0.573. The summed E-state index contributed by atoms with van der Waals surface area (Å²) >= 11 is 6.20. The molecule has 1 aromatic carbocycles. The first kappa shape index (κ1) is 12.6. The first-order valence-corrected chi connectivity index (χ1v) is 6.94. The molecule has 19 heavy (non-hydrogen) atoms. The minimum Gasteiger partial charge on any atom is -0.340 e. The molecule has 0 unspecified atom stereocenters. The van der Waals surface area contributed by atoms with Crippen LogP contribution < -0.4 is 5.32 Å². The lowest BCUT2D eigenvalue weighted by Gasteiger charge is -2.36. The summed E-state index contributed by atoms with van der Waals surface area (Å²) in [6.45, 7) is 0.877. The Morgan fingerprint density at radius 2 is 2.16 bits per heavy atom. The van der Waals surface area contributed by atoms with Crippen molar-refractivity contribution in [3.8, 4) is 0 Å². The number of nitrogens with zero attached hydrogens (tertiary/aromatic N) is 2. The summed E-state index contributed by atoms with van der Waals surface area (Å²) in [6, 6.07) is 8.70. The molecule has 1 aliphatic rings. The second-order valence-corrected chi connectivity index (χ2v) is 5.33. The van der Waals surface area contributed by atoms with Crippen molar-refractivity contribution in [1.82, 2.24) is 15.5 Å². The second-order valence-electron chi connectivity index (χ2n) is 4.93. The van der Waals surface area contributed by atoms with Crippen LogP contribution in [0.1, 0.15) is 30.2 Å². The zero-order chi connectivity index (χ0) is 13.1. The Balaban J connectivity index is 1.42. The summed E-state index contributed by atoms with van der Waals surface area (Å²) in [6.07, 6.45) is 4.51. The molecule has 5 heteroatoms. The van der Waals surface area contributed by atoms with Gasteiger partial charge in [0.25, 0.3) is 0 Å². The molecule has 1 aliphatic carbocycles. The average molecular weight is 278 g/mol. The topological polar surface area (TPSA) is 51.0 Å². The quantitative estimate of drug-likeness (QED) is 0.913. The molecule has 100 valence electrons. The van der Waals surface area contributed by atoms with E-state index in [4.69, 9.17) is 16.1 Å². The maximum absolute atomic E-state index is 6.20. The van der Waals surface area contributed by atoms with Gasteiger partial charge in [-0.1, -0.05) is 35.0 Å². The molecule has 0 spiro atoms. The van der Waals surface area contributed by atoms with Gasteiger partial charge in [0, 0.05) is 24.0 Å². The number of nitrogens with one attached hydrogen (secondary N) is 1. The van der Waals surface area contributed by atoms with E-state index >= 15 is 0 Å². The molecule has 0 aliphatic heterocycles. The molecule has 1 N–H and O–H groups in total. The second kappa shape index (κ2) is 5.72. The zero-order valence-electron chi connectivity index (χ0n) is 10.6. The molecule has 0 atom stereocenters. The van der Waals surface area contributed by atoms with Crippen molar-refractivity contribution in [2.75, 3.05) is 6.54 Å². The fourth-order valence-electron chi connectivity index (χ4n) is 2.53. The van der Waals surface area contributed by atoms with Gasteiger partial charge in [-0.2, -0.15) is 4.98 Å². The summed E-state index contributed by atoms with van der Waals surface area (Å²) in [5.41, 5.74) is 1.28. The first-order chi connectivity index (χ1) is 9.33. The van der Waals surface area contributed by atoms with E-state index in [0.29, 0.717) is 17.9 Å². The third kappa shape index (κ3) is 2.96. The molecular formula is C14H16ClN3O. The fourth-order valence-corrected chi connectivity index (χ4v) is 2.82. The third-order valence-electron chi connectivity index (χ3n) is 3.66. The molecule has 0 amide bonds. The molecule has 0 radical (unpaired) electrons. The molecule has 1 saturated carbocycles. The van der Waals surface area contributed by atoms with Crippen molar-refractivity contribution >= 4 is 11.6 Å². The standard InChI is InChI=1S/C14H16ClN3O/c15-13-4-2-1-3-12(13)10-7-11(8-10)16-6-5-14-17-9-18-19-14/h1-4,9-11,16H,5-8H2. The van der Waals surface area contributed by atoms with E-state index in [9.17, 15) is 0 Å². The Morgan fingerprint density at radius 1 is 1.32 bits per heavy atom. The molecule has 4 nitrogen and oxygen atoms in total. The molecular weight excluding hydrogens is 262 g/mol. The van der Waals surface area contributed by atoms with E-state index in [-0.39, 0.29) is 0 Å². The van der Waals surface area contributed by atoms with Gasteiger partial charge in [0.1, 0.15) is 0 Å². The van der Waals surface area contributed by atoms with Gasteiger partial charge in [-0.3, -0.25) is 0 Å². The van der Waals surface area contributed by atoms with Crippen molar-refractivity contribution in [2.45, 2.75) is 31.2 Å². The van der Waals surface area contributed by atoms with Crippen LogP contribution >= 0.6 is 11.6 Å². The lowest BCUT2D eigenvalue weighted by atomic mass is 9.76. The Bertz CT molecular complexity index is 523. The van der Waals surface area contributed by atoms with E-state index < -0.39 is 0 Å². The van der Waals surface area contributed by atoms with Gasteiger partial charge >= 0.3 is 0 Å². The van der Waals surface area contributed by atoms with Crippen molar-refractivity contribution in [2.24, 2.45) is 0 Å². The van der Waals surface area contributed by atoms with Crippen LogP contribution in [0.2, 0.25) is 5.02 Å².